The minimum Gasteiger partial charge on any atom is -0.393 e. The van der Waals surface area contributed by atoms with Crippen molar-refractivity contribution in [3.05, 3.63) is 35.4 Å². The van der Waals surface area contributed by atoms with E-state index in [-0.39, 0.29) is 6.10 Å². The molecule has 1 aromatic rings. The number of aryl methyl sites for hydroxylation is 1. The Morgan fingerprint density at radius 1 is 1.12 bits per heavy atom. The lowest BCUT2D eigenvalue weighted by Gasteiger charge is -2.27. The van der Waals surface area contributed by atoms with E-state index in [1.165, 1.54) is 43.2 Å². The monoisotopic (exact) mass is 230 g/mol. The summed E-state index contributed by atoms with van der Waals surface area (Å²) in [6.45, 7) is 0. The number of aliphatic hydroxyl groups excluding tert-OH is 1. The van der Waals surface area contributed by atoms with Gasteiger partial charge in [-0.1, -0.05) is 37.1 Å². The maximum atomic E-state index is 10.1. The highest BCUT2D eigenvalue weighted by Gasteiger charge is 2.27. The molecule has 3 rings (SSSR count). The van der Waals surface area contributed by atoms with Crippen molar-refractivity contribution in [2.45, 2.75) is 57.0 Å². The lowest BCUT2D eigenvalue weighted by molar-refractivity contribution is 0.136. The van der Waals surface area contributed by atoms with Crippen LogP contribution in [-0.2, 0) is 6.42 Å². The fourth-order valence-electron chi connectivity index (χ4n) is 3.26. The van der Waals surface area contributed by atoms with E-state index in [9.17, 15) is 5.11 Å². The molecule has 0 radical (unpaired) electrons. The standard InChI is InChI=1S/C16H22O/c17-15(10-12-8-9-12)11-14-6-3-5-13-4-1-2-7-16(13)14/h1-2,4,7,12,14-15,17H,3,5-6,8-11H2. The van der Waals surface area contributed by atoms with E-state index in [1.807, 2.05) is 0 Å². The second kappa shape index (κ2) is 4.81. The molecule has 1 aromatic carbocycles. The van der Waals surface area contributed by atoms with E-state index >= 15 is 0 Å². The Balaban J connectivity index is 1.67. The summed E-state index contributed by atoms with van der Waals surface area (Å²) in [4.78, 5) is 0. The van der Waals surface area contributed by atoms with Crippen molar-refractivity contribution in [2.24, 2.45) is 5.92 Å². The number of rotatable bonds is 4. The van der Waals surface area contributed by atoms with Gasteiger partial charge in [0.25, 0.3) is 0 Å². The van der Waals surface area contributed by atoms with Gasteiger partial charge in [-0.25, -0.2) is 0 Å². The fraction of sp³-hybridized carbons (Fsp3) is 0.625. The lowest BCUT2D eigenvalue weighted by atomic mass is 9.79. The first-order valence-electron chi connectivity index (χ1n) is 7.09. The Kier molecular flexibility index (Phi) is 3.19. The number of hydrogen-bond acceptors (Lipinski definition) is 1. The quantitative estimate of drug-likeness (QED) is 0.837. The van der Waals surface area contributed by atoms with Gasteiger partial charge in [-0.2, -0.15) is 0 Å². The van der Waals surface area contributed by atoms with E-state index in [0.717, 1.165) is 18.8 Å². The van der Waals surface area contributed by atoms with Crippen LogP contribution in [0.5, 0.6) is 0 Å². The molecule has 92 valence electrons. The van der Waals surface area contributed by atoms with Gasteiger partial charge >= 0.3 is 0 Å². The molecule has 1 saturated carbocycles. The second-order valence-corrected chi connectivity index (χ2v) is 5.86. The average molecular weight is 230 g/mol. The Bertz CT molecular complexity index is 381. The zero-order valence-corrected chi connectivity index (χ0v) is 10.4. The highest BCUT2D eigenvalue weighted by molar-refractivity contribution is 5.32. The third-order valence-corrected chi connectivity index (χ3v) is 4.35. The molecule has 0 saturated heterocycles. The van der Waals surface area contributed by atoms with E-state index in [4.69, 9.17) is 0 Å². The second-order valence-electron chi connectivity index (χ2n) is 5.86. The van der Waals surface area contributed by atoms with Crippen molar-refractivity contribution in [2.75, 3.05) is 0 Å². The predicted molar refractivity (Wildman–Crippen MR) is 70.1 cm³/mol. The molecule has 17 heavy (non-hydrogen) atoms. The van der Waals surface area contributed by atoms with Crippen LogP contribution in [0.25, 0.3) is 0 Å². The highest BCUT2D eigenvalue weighted by Crippen LogP contribution is 2.38. The summed E-state index contributed by atoms with van der Waals surface area (Å²) in [6.07, 6.45) is 8.42. The first kappa shape index (κ1) is 11.3. The lowest BCUT2D eigenvalue weighted by Crippen LogP contribution is -2.17. The number of hydrogen-bond donors (Lipinski definition) is 1. The van der Waals surface area contributed by atoms with Crippen molar-refractivity contribution in [1.82, 2.24) is 0 Å². The van der Waals surface area contributed by atoms with Crippen LogP contribution in [-0.4, -0.2) is 11.2 Å². The molecule has 0 spiro atoms. The third kappa shape index (κ3) is 2.71. The molecular weight excluding hydrogens is 208 g/mol. The van der Waals surface area contributed by atoms with Crippen LogP contribution in [0.4, 0.5) is 0 Å². The molecule has 1 heteroatoms. The first-order valence-corrected chi connectivity index (χ1v) is 7.09. The molecule has 1 nitrogen and oxygen atoms in total. The van der Waals surface area contributed by atoms with E-state index in [1.54, 1.807) is 0 Å². The molecule has 2 atom stereocenters. The first-order chi connectivity index (χ1) is 8.33. The molecule has 0 bridgehead atoms. The molecule has 1 fully saturated rings. The van der Waals surface area contributed by atoms with Crippen molar-refractivity contribution >= 4 is 0 Å². The molecule has 2 aliphatic rings. The van der Waals surface area contributed by atoms with Crippen LogP contribution in [0.15, 0.2) is 24.3 Å². The van der Waals surface area contributed by atoms with Gasteiger partial charge in [-0.15, -0.1) is 0 Å². The van der Waals surface area contributed by atoms with Gasteiger partial charge in [0.2, 0.25) is 0 Å². The largest absolute Gasteiger partial charge is 0.393 e. The maximum Gasteiger partial charge on any atom is 0.0548 e. The van der Waals surface area contributed by atoms with E-state index in [0.29, 0.717) is 5.92 Å². The Labute approximate surface area is 104 Å². The Morgan fingerprint density at radius 2 is 1.94 bits per heavy atom. The van der Waals surface area contributed by atoms with Crippen LogP contribution in [0.1, 0.15) is 55.6 Å². The minimum absolute atomic E-state index is 0.0707. The summed E-state index contributed by atoms with van der Waals surface area (Å²) in [7, 11) is 0. The summed E-state index contributed by atoms with van der Waals surface area (Å²) in [6, 6.07) is 8.81. The normalized spacial score (nSPS) is 25.4. The van der Waals surface area contributed by atoms with Crippen molar-refractivity contribution < 1.29 is 5.11 Å². The maximum absolute atomic E-state index is 10.1. The topological polar surface area (TPSA) is 20.2 Å². The van der Waals surface area contributed by atoms with Crippen LogP contribution in [0, 0.1) is 5.92 Å². The van der Waals surface area contributed by atoms with Gasteiger partial charge in [-0.3, -0.25) is 0 Å². The zero-order valence-electron chi connectivity index (χ0n) is 10.4. The van der Waals surface area contributed by atoms with Crippen molar-refractivity contribution in [3.63, 3.8) is 0 Å². The van der Waals surface area contributed by atoms with Crippen LogP contribution in [0.2, 0.25) is 0 Å². The van der Waals surface area contributed by atoms with Crippen LogP contribution in [0.3, 0.4) is 0 Å². The summed E-state index contributed by atoms with van der Waals surface area (Å²) in [5, 5.41) is 10.1. The SMILES string of the molecule is OC(CC1CC1)CC1CCCc2ccccc21. The summed E-state index contributed by atoms with van der Waals surface area (Å²) in [5.74, 6) is 1.44. The Morgan fingerprint density at radius 3 is 2.76 bits per heavy atom. The van der Waals surface area contributed by atoms with Gasteiger partial charge in [-0.05, 0) is 55.1 Å². The molecule has 2 aliphatic carbocycles. The highest BCUT2D eigenvalue weighted by atomic mass is 16.3. The number of fused-ring (bicyclic) bond motifs is 1. The molecule has 2 unspecified atom stereocenters. The zero-order chi connectivity index (χ0) is 11.7. The molecule has 0 amide bonds. The van der Waals surface area contributed by atoms with Gasteiger partial charge in [0.1, 0.15) is 0 Å². The smallest absolute Gasteiger partial charge is 0.0548 e. The van der Waals surface area contributed by atoms with Crippen molar-refractivity contribution in [1.29, 1.82) is 0 Å². The Hall–Kier alpha value is -0.820. The number of aliphatic hydroxyl groups is 1. The van der Waals surface area contributed by atoms with Crippen LogP contribution >= 0.6 is 0 Å². The predicted octanol–water partition coefficient (Wildman–Crippen LogP) is 3.66. The van der Waals surface area contributed by atoms with Gasteiger partial charge in [0.05, 0.1) is 6.10 Å². The minimum atomic E-state index is -0.0707. The average Bonchev–Trinajstić information content (AvgIpc) is 3.13. The van der Waals surface area contributed by atoms with Crippen LogP contribution < -0.4 is 0 Å². The molecule has 0 aromatic heterocycles. The molecule has 0 heterocycles. The molecular formula is C16H22O. The summed E-state index contributed by atoms with van der Waals surface area (Å²) < 4.78 is 0. The summed E-state index contributed by atoms with van der Waals surface area (Å²) >= 11 is 0. The number of benzene rings is 1. The molecule has 0 aliphatic heterocycles. The van der Waals surface area contributed by atoms with Crippen molar-refractivity contribution in [3.8, 4) is 0 Å². The fourth-order valence-corrected chi connectivity index (χ4v) is 3.26. The summed E-state index contributed by atoms with van der Waals surface area (Å²) in [5.41, 5.74) is 3.02. The third-order valence-electron chi connectivity index (χ3n) is 4.35. The van der Waals surface area contributed by atoms with Gasteiger partial charge in [0, 0.05) is 0 Å². The van der Waals surface area contributed by atoms with Gasteiger partial charge in [0.15, 0.2) is 0 Å². The van der Waals surface area contributed by atoms with Gasteiger partial charge < -0.3 is 5.11 Å². The van der Waals surface area contributed by atoms with E-state index in [2.05, 4.69) is 24.3 Å². The molecule has 1 N–H and O–H groups in total. The van der Waals surface area contributed by atoms with E-state index < -0.39 is 0 Å².